The van der Waals surface area contributed by atoms with Gasteiger partial charge in [-0.3, -0.25) is 23.7 Å². The zero-order chi connectivity index (χ0) is 21.9. The van der Waals surface area contributed by atoms with Crippen molar-refractivity contribution >= 4 is 29.5 Å². The number of anilines is 1. The summed E-state index contributed by atoms with van der Waals surface area (Å²) >= 11 is 0. The highest BCUT2D eigenvalue weighted by atomic mass is 16.7. The highest BCUT2D eigenvalue weighted by Gasteiger charge is 2.51. The molecule has 2 rings (SSSR count). The van der Waals surface area contributed by atoms with Crippen molar-refractivity contribution in [2.24, 2.45) is 0 Å². The molecule has 1 aliphatic rings. The fraction of sp³-hybridized carbons (Fsp3) is 0.529. The van der Waals surface area contributed by atoms with Gasteiger partial charge in [0.15, 0.2) is 24.2 Å². The lowest BCUT2D eigenvalue weighted by atomic mass is 10.1. The van der Waals surface area contributed by atoms with E-state index in [1.165, 1.54) is 13.8 Å². The molecule has 1 aromatic rings. The fourth-order valence-corrected chi connectivity index (χ4v) is 2.85. The molecule has 158 valence electrons. The van der Waals surface area contributed by atoms with Crippen LogP contribution in [-0.2, 0) is 33.3 Å². The topological polar surface area (TPSA) is 166 Å². The predicted octanol–water partition coefficient (Wildman–Crippen LogP) is -0.648. The number of hydrogen-bond acceptors (Lipinski definition) is 11. The molecule has 1 saturated heterocycles. The molecular weight excluding hydrogens is 390 g/mol. The lowest BCUT2D eigenvalue weighted by molar-refractivity contribution is -0.166. The minimum Gasteiger partial charge on any atom is -0.463 e. The maximum absolute atomic E-state index is 12.4. The summed E-state index contributed by atoms with van der Waals surface area (Å²) in [5.41, 5.74) is 4.67. The molecule has 12 heteroatoms. The number of aromatic nitrogens is 2. The number of nitrogens with two attached hydrogens (primary N) is 1. The normalized spacial score (nSPS) is 23.3. The van der Waals surface area contributed by atoms with Crippen molar-refractivity contribution in [2.45, 2.75) is 52.2 Å². The first-order chi connectivity index (χ1) is 13.5. The standard InChI is InChI=1S/C17H21N3O9/c1-7(21)11-5-20(17(25)19-15(11)18)16-14(28-10(4)24)13(27-9(3)23)12(29-16)6-26-8(2)22/h5,12-14,16H,6H2,1-4H3,(H2,18,19,25)/t12-,13+,14-,16-/m1/s1. The molecule has 0 aromatic carbocycles. The Morgan fingerprint density at radius 2 is 1.66 bits per heavy atom. The minimum atomic E-state index is -1.32. The Kier molecular flexibility index (Phi) is 6.69. The Balaban J connectivity index is 2.52. The van der Waals surface area contributed by atoms with Gasteiger partial charge in [0, 0.05) is 27.0 Å². The third-order valence-corrected chi connectivity index (χ3v) is 3.98. The monoisotopic (exact) mass is 411 g/mol. The number of carbonyl (C=O) groups excluding carboxylic acids is 4. The number of esters is 3. The number of ether oxygens (including phenoxy) is 4. The number of hydrogen-bond donors (Lipinski definition) is 1. The Bertz CT molecular complexity index is 895. The molecule has 0 bridgehead atoms. The van der Waals surface area contributed by atoms with Gasteiger partial charge in [-0.25, -0.2) is 4.79 Å². The Hall–Kier alpha value is -3.28. The van der Waals surface area contributed by atoms with Crippen LogP contribution < -0.4 is 11.4 Å². The van der Waals surface area contributed by atoms with Crippen LogP contribution in [0, 0.1) is 0 Å². The molecule has 1 fully saturated rings. The molecule has 0 unspecified atom stereocenters. The van der Waals surface area contributed by atoms with Crippen LogP contribution in [0.2, 0.25) is 0 Å². The van der Waals surface area contributed by atoms with Gasteiger partial charge in [-0.2, -0.15) is 4.98 Å². The third-order valence-electron chi connectivity index (χ3n) is 3.98. The maximum Gasteiger partial charge on any atom is 0.351 e. The van der Waals surface area contributed by atoms with Crippen LogP contribution in [0.25, 0.3) is 0 Å². The lowest BCUT2D eigenvalue weighted by Gasteiger charge is -2.24. The van der Waals surface area contributed by atoms with E-state index in [-0.39, 0.29) is 18.0 Å². The lowest BCUT2D eigenvalue weighted by Crippen LogP contribution is -2.42. The van der Waals surface area contributed by atoms with Crippen molar-refractivity contribution in [3.8, 4) is 0 Å². The second-order valence-electron chi connectivity index (χ2n) is 6.30. The molecule has 0 aliphatic carbocycles. The van der Waals surface area contributed by atoms with Gasteiger partial charge in [0.05, 0.1) is 5.56 Å². The summed E-state index contributed by atoms with van der Waals surface area (Å²) < 4.78 is 22.0. The zero-order valence-electron chi connectivity index (χ0n) is 16.2. The quantitative estimate of drug-likeness (QED) is 0.359. The van der Waals surface area contributed by atoms with Crippen LogP contribution in [-0.4, -0.2) is 58.2 Å². The summed E-state index contributed by atoms with van der Waals surface area (Å²) in [5, 5.41) is 0. The number of rotatable bonds is 6. The van der Waals surface area contributed by atoms with Gasteiger partial charge in [-0.15, -0.1) is 0 Å². The summed E-state index contributed by atoms with van der Waals surface area (Å²) in [5.74, 6) is -2.80. The minimum absolute atomic E-state index is 0.0535. The van der Waals surface area contributed by atoms with Crippen molar-refractivity contribution in [1.29, 1.82) is 0 Å². The molecule has 0 saturated carbocycles. The summed E-state index contributed by atoms with van der Waals surface area (Å²) in [7, 11) is 0. The van der Waals surface area contributed by atoms with Crippen molar-refractivity contribution in [1.82, 2.24) is 9.55 Å². The van der Waals surface area contributed by atoms with Crippen molar-refractivity contribution in [3.63, 3.8) is 0 Å². The third kappa shape index (κ3) is 5.16. The van der Waals surface area contributed by atoms with Gasteiger partial charge in [-0.1, -0.05) is 0 Å². The first kappa shape index (κ1) is 22.0. The number of nitrogens with zero attached hydrogens (tertiary/aromatic N) is 2. The van der Waals surface area contributed by atoms with E-state index in [4.69, 9.17) is 24.7 Å². The Morgan fingerprint density at radius 1 is 1.07 bits per heavy atom. The maximum atomic E-state index is 12.4. The zero-order valence-corrected chi connectivity index (χ0v) is 16.2. The molecule has 2 N–H and O–H groups in total. The molecule has 12 nitrogen and oxygen atoms in total. The highest BCUT2D eigenvalue weighted by molar-refractivity contribution is 5.97. The van der Waals surface area contributed by atoms with E-state index >= 15 is 0 Å². The average Bonchev–Trinajstić information content (AvgIpc) is 2.89. The van der Waals surface area contributed by atoms with Crippen LogP contribution in [0.15, 0.2) is 11.0 Å². The van der Waals surface area contributed by atoms with Crippen LogP contribution in [0.1, 0.15) is 44.3 Å². The average molecular weight is 411 g/mol. The highest BCUT2D eigenvalue weighted by Crippen LogP contribution is 2.34. The van der Waals surface area contributed by atoms with Gasteiger partial charge in [0.1, 0.15) is 18.5 Å². The van der Waals surface area contributed by atoms with E-state index in [2.05, 4.69) is 4.98 Å². The van der Waals surface area contributed by atoms with Crippen LogP contribution in [0.5, 0.6) is 0 Å². The summed E-state index contributed by atoms with van der Waals surface area (Å²) in [6, 6.07) is 0. The van der Waals surface area contributed by atoms with Crippen LogP contribution in [0.3, 0.4) is 0 Å². The number of carbonyl (C=O) groups is 4. The van der Waals surface area contributed by atoms with Gasteiger partial charge in [0.25, 0.3) is 0 Å². The molecule has 2 heterocycles. The first-order valence-electron chi connectivity index (χ1n) is 8.54. The van der Waals surface area contributed by atoms with E-state index in [1.54, 1.807) is 0 Å². The summed E-state index contributed by atoms with van der Waals surface area (Å²) in [4.78, 5) is 62.1. The number of nitrogen functional groups attached to an aromatic ring is 1. The van der Waals surface area contributed by atoms with E-state index < -0.39 is 53.9 Å². The van der Waals surface area contributed by atoms with E-state index in [1.807, 2.05) is 0 Å². The van der Waals surface area contributed by atoms with Gasteiger partial charge in [-0.05, 0) is 6.92 Å². The second kappa shape index (κ2) is 8.82. The van der Waals surface area contributed by atoms with Crippen LogP contribution >= 0.6 is 0 Å². The van der Waals surface area contributed by atoms with Crippen molar-refractivity contribution < 1.29 is 38.1 Å². The van der Waals surface area contributed by atoms with E-state index in [0.29, 0.717) is 0 Å². The number of ketones is 1. The summed E-state index contributed by atoms with van der Waals surface area (Å²) in [6.07, 6.45) is -3.72. The van der Waals surface area contributed by atoms with Gasteiger partial charge >= 0.3 is 23.6 Å². The molecule has 4 atom stereocenters. The molecule has 0 spiro atoms. The Labute approximate surface area is 164 Å². The second-order valence-corrected chi connectivity index (χ2v) is 6.30. The first-order valence-corrected chi connectivity index (χ1v) is 8.54. The fourth-order valence-electron chi connectivity index (χ4n) is 2.85. The SMILES string of the molecule is CC(=O)OC[C@H]1O[C@@H](n2cc(C(C)=O)c(N)nc2=O)[C@H](OC(C)=O)[C@H]1OC(C)=O. The van der Waals surface area contributed by atoms with Crippen LogP contribution in [0.4, 0.5) is 5.82 Å². The molecule has 0 amide bonds. The Morgan fingerprint density at radius 3 is 2.17 bits per heavy atom. The molecule has 1 aliphatic heterocycles. The van der Waals surface area contributed by atoms with E-state index in [0.717, 1.165) is 24.6 Å². The smallest absolute Gasteiger partial charge is 0.351 e. The molecule has 0 radical (unpaired) electrons. The molecule has 29 heavy (non-hydrogen) atoms. The van der Waals surface area contributed by atoms with Gasteiger partial charge in [0.2, 0.25) is 0 Å². The predicted molar refractivity (Wildman–Crippen MR) is 94.6 cm³/mol. The summed E-state index contributed by atoms with van der Waals surface area (Å²) in [6.45, 7) is 4.31. The molecular formula is C17H21N3O9. The molecule has 1 aromatic heterocycles. The van der Waals surface area contributed by atoms with Crippen molar-refractivity contribution in [2.75, 3.05) is 12.3 Å². The van der Waals surface area contributed by atoms with Gasteiger partial charge < -0.3 is 24.7 Å². The van der Waals surface area contributed by atoms with Crippen molar-refractivity contribution in [3.05, 3.63) is 22.2 Å². The largest absolute Gasteiger partial charge is 0.463 e. The van der Waals surface area contributed by atoms with E-state index in [9.17, 15) is 24.0 Å². The number of Topliss-reactive ketones (excluding diaryl/α,β-unsaturated/α-hetero) is 1.